The highest BCUT2D eigenvalue weighted by Crippen LogP contribution is 2.29. The standard InChI is InChI=1S/C12H22/c1-7-10(5)12(9(3)4)11(6)8-2/h9,11-12H,1,8H2,2-6H3. The zero-order valence-corrected chi connectivity index (χ0v) is 9.15. The van der Waals surface area contributed by atoms with Crippen molar-refractivity contribution in [1.29, 1.82) is 0 Å². The fourth-order valence-electron chi connectivity index (χ4n) is 1.96. The Labute approximate surface area is 77.4 Å². The van der Waals surface area contributed by atoms with Gasteiger partial charge in [-0.15, -0.1) is 5.73 Å². The van der Waals surface area contributed by atoms with Gasteiger partial charge < -0.3 is 0 Å². The van der Waals surface area contributed by atoms with Crippen LogP contribution in [0.4, 0.5) is 0 Å². The Morgan fingerprint density at radius 3 is 2.08 bits per heavy atom. The summed E-state index contributed by atoms with van der Waals surface area (Å²) in [5.41, 5.74) is 4.35. The minimum absolute atomic E-state index is 0.660. The van der Waals surface area contributed by atoms with Crippen molar-refractivity contribution < 1.29 is 0 Å². The molecule has 0 aliphatic carbocycles. The first-order chi connectivity index (χ1) is 5.54. The largest absolute Gasteiger partial charge is 0.130 e. The van der Waals surface area contributed by atoms with Gasteiger partial charge in [-0.2, -0.15) is 0 Å². The van der Waals surface area contributed by atoms with Crippen molar-refractivity contribution in [1.82, 2.24) is 0 Å². The maximum absolute atomic E-state index is 3.72. The van der Waals surface area contributed by atoms with Crippen LogP contribution >= 0.6 is 0 Å². The monoisotopic (exact) mass is 166 g/mol. The average Bonchev–Trinajstić information content (AvgIpc) is 2.03. The van der Waals surface area contributed by atoms with Crippen molar-refractivity contribution in [2.45, 2.75) is 41.0 Å². The van der Waals surface area contributed by atoms with Crippen molar-refractivity contribution in [3.63, 3.8) is 0 Å². The topological polar surface area (TPSA) is 0 Å². The predicted molar refractivity (Wildman–Crippen MR) is 56.1 cm³/mol. The Morgan fingerprint density at radius 1 is 1.33 bits per heavy atom. The average molecular weight is 166 g/mol. The number of hydrogen-bond donors (Lipinski definition) is 0. The number of allylic oxidation sites excluding steroid dienone is 1. The van der Waals surface area contributed by atoms with Gasteiger partial charge in [-0.3, -0.25) is 0 Å². The van der Waals surface area contributed by atoms with E-state index in [0.717, 1.165) is 5.92 Å². The van der Waals surface area contributed by atoms with Crippen LogP contribution in [-0.2, 0) is 0 Å². The molecular weight excluding hydrogens is 144 g/mol. The normalized spacial score (nSPS) is 15.5. The molecule has 2 unspecified atom stereocenters. The lowest BCUT2D eigenvalue weighted by molar-refractivity contribution is 0.310. The highest BCUT2D eigenvalue weighted by atomic mass is 14.2. The molecule has 12 heavy (non-hydrogen) atoms. The van der Waals surface area contributed by atoms with Gasteiger partial charge in [0.2, 0.25) is 0 Å². The molecular formula is C12H22. The second-order valence-corrected chi connectivity index (χ2v) is 4.02. The maximum Gasteiger partial charge on any atom is -0.00814 e. The molecule has 0 N–H and O–H groups in total. The van der Waals surface area contributed by atoms with Crippen LogP contribution in [0.5, 0.6) is 0 Å². The third-order valence-electron chi connectivity index (χ3n) is 2.75. The van der Waals surface area contributed by atoms with Gasteiger partial charge in [0.05, 0.1) is 0 Å². The summed E-state index contributed by atoms with van der Waals surface area (Å²) in [7, 11) is 0. The Bertz CT molecular complexity index is 170. The highest BCUT2D eigenvalue weighted by Gasteiger charge is 2.20. The second kappa shape index (κ2) is 5.22. The Hall–Kier alpha value is -0.480. The highest BCUT2D eigenvalue weighted by molar-refractivity contribution is 5.03. The zero-order chi connectivity index (χ0) is 9.72. The molecule has 2 atom stereocenters. The molecule has 0 heteroatoms. The van der Waals surface area contributed by atoms with Crippen LogP contribution in [0.3, 0.4) is 0 Å². The van der Waals surface area contributed by atoms with Crippen LogP contribution in [0.25, 0.3) is 0 Å². The van der Waals surface area contributed by atoms with E-state index in [4.69, 9.17) is 0 Å². The first-order valence-electron chi connectivity index (χ1n) is 4.91. The van der Waals surface area contributed by atoms with Gasteiger partial charge in [0.1, 0.15) is 0 Å². The van der Waals surface area contributed by atoms with Crippen molar-refractivity contribution in [2.75, 3.05) is 0 Å². The lowest BCUT2D eigenvalue weighted by atomic mass is 9.78. The van der Waals surface area contributed by atoms with Crippen molar-refractivity contribution in [2.24, 2.45) is 17.8 Å². The van der Waals surface area contributed by atoms with Crippen molar-refractivity contribution in [3.05, 3.63) is 17.9 Å². The van der Waals surface area contributed by atoms with Crippen LogP contribution < -0.4 is 0 Å². The van der Waals surface area contributed by atoms with Crippen molar-refractivity contribution in [3.8, 4) is 0 Å². The fraction of sp³-hybridized carbons (Fsp3) is 0.750. The van der Waals surface area contributed by atoms with Gasteiger partial charge in [0.15, 0.2) is 0 Å². The summed E-state index contributed by atoms with van der Waals surface area (Å²) < 4.78 is 0. The summed E-state index contributed by atoms with van der Waals surface area (Å²) >= 11 is 0. The fourth-order valence-corrected chi connectivity index (χ4v) is 1.96. The van der Waals surface area contributed by atoms with Gasteiger partial charge in [-0.25, -0.2) is 0 Å². The summed E-state index contributed by atoms with van der Waals surface area (Å²) in [4.78, 5) is 0. The molecule has 0 saturated heterocycles. The van der Waals surface area contributed by atoms with E-state index >= 15 is 0 Å². The van der Waals surface area contributed by atoms with Gasteiger partial charge in [-0.05, 0) is 30.3 Å². The van der Waals surface area contributed by atoms with E-state index in [1.54, 1.807) is 0 Å². The van der Waals surface area contributed by atoms with E-state index in [0.29, 0.717) is 11.8 Å². The molecule has 0 aromatic heterocycles. The first-order valence-corrected chi connectivity index (χ1v) is 4.91. The lowest BCUT2D eigenvalue weighted by Gasteiger charge is -2.26. The summed E-state index contributed by atoms with van der Waals surface area (Å²) in [5, 5.41) is 0. The predicted octanol–water partition coefficient (Wildman–Crippen LogP) is 4.04. The molecule has 0 saturated carbocycles. The molecule has 0 spiro atoms. The Balaban J connectivity index is 4.55. The molecule has 0 fully saturated rings. The van der Waals surface area contributed by atoms with Crippen LogP contribution in [0.15, 0.2) is 17.9 Å². The molecule has 0 aromatic carbocycles. The molecule has 0 radical (unpaired) electrons. The molecule has 0 rings (SSSR count). The summed E-state index contributed by atoms with van der Waals surface area (Å²) in [5.74, 6) is 2.11. The SMILES string of the molecule is C=C=C(C)C(C(C)C)C(C)CC. The quantitative estimate of drug-likeness (QED) is 0.553. The van der Waals surface area contributed by atoms with Crippen LogP contribution in [0.1, 0.15) is 41.0 Å². The Kier molecular flexibility index (Phi) is 5.01. The van der Waals surface area contributed by atoms with E-state index in [-0.39, 0.29) is 0 Å². The van der Waals surface area contributed by atoms with E-state index in [2.05, 4.69) is 46.9 Å². The molecule has 0 aromatic rings. The Morgan fingerprint density at radius 2 is 1.83 bits per heavy atom. The zero-order valence-electron chi connectivity index (χ0n) is 9.15. The van der Waals surface area contributed by atoms with Crippen LogP contribution in [0.2, 0.25) is 0 Å². The third kappa shape index (κ3) is 2.87. The smallest absolute Gasteiger partial charge is 0.00814 e. The van der Waals surface area contributed by atoms with Gasteiger partial charge in [0, 0.05) is 0 Å². The maximum atomic E-state index is 3.72. The number of hydrogen-bond acceptors (Lipinski definition) is 0. The van der Waals surface area contributed by atoms with E-state index in [1.807, 2.05) is 0 Å². The van der Waals surface area contributed by atoms with Gasteiger partial charge in [0.25, 0.3) is 0 Å². The molecule has 0 aliphatic rings. The summed E-state index contributed by atoms with van der Waals surface area (Å²) in [6.07, 6.45) is 1.24. The van der Waals surface area contributed by atoms with Crippen LogP contribution in [-0.4, -0.2) is 0 Å². The molecule has 0 nitrogen and oxygen atoms in total. The minimum atomic E-state index is 0.660. The van der Waals surface area contributed by atoms with Gasteiger partial charge >= 0.3 is 0 Å². The number of rotatable bonds is 4. The van der Waals surface area contributed by atoms with E-state index in [9.17, 15) is 0 Å². The van der Waals surface area contributed by atoms with Crippen molar-refractivity contribution >= 4 is 0 Å². The molecule has 70 valence electrons. The first kappa shape index (κ1) is 11.5. The molecule has 0 bridgehead atoms. The molecule has 0 amide bonds. The minimum Gasteiger partial charge on any atom is -0.130 e. The van der Waals surface area contributed by atoms with E-state index < -0.39 is 0 Å². The molecule has 0 heterocycles. The lowest BCUT2D eigenvalue weighted by Crippen LogP contribution is -2.18. The second-order valence-electron chi connectivity index (χ2n) is 4.02. The van der Waals surface area contributed by atoms with E-state index in [1.165, 1.54) is 12.0 Å². The molecule has 0 aliphatic heterocycles. The summed E-state index contributed by atoms with van der Waals surface area (Å²) in [6, 6.07) is 0. The van der Waals surface area contributed by atoms with Crippen LogP contribution in [0, 0.1) is 17.8 Å². The summed E-state index contributed by atoms with van der Waals surface area (Å²) in [6.45, 7) is 15.0. The van der Waals surface area contributed by atoms with Gasteiger partial charge in [-0.1, -0.05) is 40.7 Å². The third-order valence-corrected chi connectivity index (χ3v) is 2.75.